The molecule has 1 saturated heterocycles. The van der Waals surface area contributed by atoms with Crippen molar-refractivity contribution in [2.45, 2.75) is 47.6 Å². The molecule has 0 bridgehead atoms. The molecule has 0 aromatic heterocycles. The lowest BCUT2D eigenvalue weighted by atomic mass is 10.1. The van der Waals surface area contributed by atoms with E-state index >= 15 is 0 Å². The standard InChI is InChI=1S/C15H20N2O3.2C2H6/c1-2-14(18)16-11-12-4-3-5-13(10-12)15(19)17-6-8-20-9-7-17;2*1-2/h3-5,10H,2,6-9,11H2,1H3,(H,16,18);2*1-2H3. The van der Waals surface area contributed by atoms with Crippen molar-refractivity contribution in [3.8, 4) is 0 Å². The number of hydrogen-bond donors (Lipinski definition) is 1. The number of rotatable bonds is 4. The molecule has 2 rings (SSSR count). The average molecular weight is 336 g/mol. The van der Waals surface area contributed by atoms with Crippen LogP contribution >= 0.6 is 0 Å². The number of nitrogens with one attached hydrogen (secondary N) is 1. The maximum atomic E-state index is 12.3. The molecule has 0 unspecified atom stereocenters. The Kier molecular flexibility index (Phi) is 12.5. The lowest BCUT2D eigenvalue weighted by Crippen LogP contribution is -2.40. The van der Waals surface area contributed by atoms with Gasteiger partial charge in [0.2, 0.25) is 5.91 Å². The third-order valence-corrected chi connectivity index (χ3v) is 3.28. The Labute approximate surface area is 146 Å². The van der Waals surface area contributed by atoms with Gasteiger partial charge in [0.05, 0.1) is 13.2 Å². The Morgan fingerprint density at radius 2 is 1.75 bits per heavy atom. The van der Waals surface area contributed by atoms with E-state index in [0.717, 1.165) is 5.56 Å². The number of hydrogen-bond acceptors (Lipinski definition) is 3. The molecule has 1 N–H and O–H groups in total. The Hall–Kier alpha value is -1.88. The zero-order valence-corrected chi connectivity index (χ0v) is 15.7. The summed E-state index contributed by atoms with van der Waals surface area (Å²) in [5.74, 6) is 0.0341. The lowest BCUT2D eigenvalue weighted by molar-refractivity contribution is -0.120. The van der Waals surface area contributed by atoms with Gasteiger partial charge >= 0.3 is 0 Å². The topological polar surface area (TPSA) is 58.6 Å². The second-order valence-corrected chi connectivity index (χ2v) is 4.74. The van der Waals surface area contributed by atoms with Gasteiger partial charge in [0, 0.05) is 31.6 Å². The molecule has 1 heterocycles. The molecule has 136 valence electrons. The van der Waals surface area contributed by atoms with Crippen molar-refractivity contribution in [1.29, 1.82) is 0 Å². The Morgan fingerprint density at radius 3 is 2.33 bits per heavy atom. The van der Waals surface area contributed by atoms with Crippen molar-refractivity contribution >= 4 is 11.8 Å². The summed E-state index contributed by atoms with van der Waals surface area (Å²) in [4.78, 5) is 25.4. The van der Waals surface area contributed by atoms with Crippen molar-refractivity contribution < 1.29 is 14.3 Å². The first-order chi connectivity index (χ1) is 11.7. The molecule has 1 fully saturated rings. The van der Waals surface area contributed by atoms with Crippen LogP contribution in [0.4, 0.5) is 0 Å². The van der Waals surface area contributed by atoms with Crippen LogP contribution in [0.3, 0.4) is 0 Å². The monoisotopic (exact) mass is 336 g/mol. The molecule has 0 spiro atoms. The van der Waals surface area contributed by atoms with Crippen molar-refractivity contribution in [2.24, 2.45) is 0 Å². The van der Waals surface area contributed by atoms with Crippen LogP contribution in [0.2, 0.25) is 0 Å². The molecule has 1 aliphatic heterocycles. The molecule has 0 radical (unpaired) electrons. The minimum atomic E-state index is 0.00917. The first-order valence-electron chi connectivity index (χ1n) is 8.93. The van der Waals surface area contributed by atoms with Gasteiger partial charge in [-0.05, 0) is 17.7 Å². The van der Waals surface area contributed by atoms with E-state index in [4.69, 9.17) is 4.74 Å². The highest BCUT2D eigenvalue weighted by atomic mass is 16.5. The fourth-order valence-electron chi connectivity index (χ4n) is 2.09. The summed E-state index contributed by atoms with van der Waals surface area (Å²) in [5.41, 5.74) is 1.60. The van der Waals surface area contributed by atoms with Gasteiger partial charge in [-0.25, -0.2) is 0 Å². The first kappa shape index (κ1) is 22.1. The Morgan fingerprint density at radius 1 is 1.12 bits per heavy atom. The van der Waals surface area contributed by atoms with Gasteiger partial charge in [-0.15, -0.1) is 0 Å². The van der Waals surface area contributed by atoms with Crippen LogP contribution in [0.1, 0.15) is 57.0 Å². The van der Waals surface area contributed by atoms with E-state index in [1.165, 1.54) is 0 Å². The molecule has 1 aromatic rings. The second kappa shape index (κ2) is 13.5. The quantitative estimate of drug-likeness (QED) is 0.918. The number of morpholine rings is 1. The molecule has 0 atom stereocenters. The Bertz CT molecular complexity index is 483. The van der Waals surface area contributed by atoms with E-state index < -0.39 is 0 Å². The van der Waals surface area contributed by atoms with Crippen LogP contribution in [0.5, 0.6) is 0 Å². The molecule has 2 amide bonds. The van der Waals surface area contributed by atoms with Crippen molar-refractivity contribution in [3.05, 3.63) is 35.4 Å². The number of amides is 2. The summed E-state index contributed by atoms with van der Waals surface area (Å²) < 4.78 is 5.25. The number of ether oxygens (including phenoxy) is 1. The highest BCUT2D eigenvalue weighted by molar-refractivity contribution is 5.94. The maximum absolute atomic E-state index is 12.3. The molecule has 24 heavy (non-hydrogen) atoms. The second-order valence-electron chi connectivity index (χ2n) is 4.74. The lowest BCUT2D eigenvalue weighted by Gasteiger charge is -2.27. The van der Waals surface area contributed by atoms with E-state index in [0.29, 0.717) is 44.8 Å². The van der Waals surface area contributed by atoms with Crippen LogP contribution in [0.25, 0.3) is 0 Å². The number of carbonyl (C=O) groups is 2. The van der Waals surface area contributed by atoms with E-state index in [1.807, 2.05) is 58.9 Å². The normalized spacial score (nSPS) is 13.0. The minimum absolute atomic E-state index is 0.00917. The highest BCUT2D eigenvalue weighted by Gasteiger charge is 2.18. The number of benzene rings is 1. The summed E-state index contributed by atoms with van der Waals surface area (Å²) >= 11 is 0. The SMILES string of the molecule is CC.CC.CCC(=O)NCc1cccc(C(=O)N2CCOCC2)c1. The van der Waals surface area contributed by atoms with Crippen LogP contribution in [0, 0.1) is 0 Å². The summed E-state index contributed by atoms with van der Waals surface area (Å²) in [6.07, 6.45) is 0.465. The van der Waals surface area contributed by atoms with Crippen LogP contribution in [-0.2, 0) is 16.1 Å². The number of carbonyl (C=O) groups excluding carboxylic acids is 2. The highest BCUT2D eigenvalue weighted by Crippen LogP contribution is 2.10. The van der Waals surface area contributed by atoms with Crippen LogP contribution in [-0.4, -0.2) is 43.0 Å². The number of nitrogens with zero attached hydrogens (tertiary/aromatic N) is 1. The molecule has 0 saturated carbocycles. The molecular weight excluding hydrogens is 304 g/mol. The zero-order valence-electron chi connectivity index (χ0n) is 15.7. The minimum Gasteiger partial charge on any atom is -0.378 e. The van der Waals surface area contributed by atoms with Gasteiger partial charge in [-0.2, -0.15) is 0 Å². The van der Waals surface area contributed by atoms with Gasteiger partial charge in [0.1, 0.15) is 0 Å². The smallest absolute Gasteiger partial charge is 0.254 e. The molecule has 1 aliphatic rings. The van der Waals surface area contributed by atoms with Crippen molar-refractivity contribution in [1.82, 2.24) is 10.2 Å². The van der Waals surface area contributed by atoms with E-state index in [1.54, 1.807) is 4.90 Å². The predicted octanol–water partition coefficient (Wildman–Crippen LogP) is 3.24. The van der Waals surface area contributed by atoms with Crippen molar-refractivity contribution in [3.63, 3.8) is 0 Å². The molecule has 5 heteroatoms. The third-order valence-electron chi connectivity index (χ3n) is 3.28. The molecule has 5 nitrogen and oxygen atoms in total. The molecule has 1 aromatic carbocycles. The largest absolute Gasteiger partial charge is 0.378 e. The van der Waals surface area contributed by atoms with Crippen molar-refractivity contribution in [2.75, 3.05) is 26.3 Å². The maximum Gasteiger partial charge on any atom is 0.254 e. The molecular formula is C19H32N2O3. The van der Waals surface area contributed by atoms with E-state index in [-0.39, 0.29) is 11.8 Å². The summed E-state index contributed by atoms with van der Waals surface area (Å²) in [7, 11) is 0. The van der Waals surface area contributed by atoms with Gasteiger partial charge in [-0.1, -0.05) is 46.8 Å². The summed E-state index contributed by atoms with van der Waals surface area (Å²) in [6, 6.07) is 7.41. The van der Waals surface area contributed by atoms with E-state index in [9.17, 15) is 9.59 Å². The predicted molar refractivity (Wildman–Crippen MR) is 98.0 cm³/mol. The molecule has 0 aliphatic carbocycles. The zero-order chi connectivity index (χ0) is 18.4. The third kappa shape index (κ3) is 7.59. The Balaban J connectivity index is 0.00000123. The fourth-order valence-corrected chi connectivity index (χ4v) is 2.09. The van der Waals surface area contributed by atoms with Crippen LogP contribution in [0.15, 0.2) is 24.3 Å². The van der Waals surface area contributed by atoms with Gasteiger partial charge in [0.25, 0.3) is 5.91 Å². The van der Waals surface area contributed by atoms with E-state index in [2.05, 4.69) is 5.32 Å². The summed E-state index contributed by atoms with van der Waals surface area (Å²) in [5, 5.41) is 2.81. The van der Waals surface area contributed by atoms with Crippen LogP contribution < -0.4 is 5.32 Å². The van der Waals surface area contributed by atoms with Gasteiger partial charge < -0.3 is 15.0 Å². The van der Waals surface area contributed by atoms with Gasteiger partial charge in [-0.3, -0.25) is 9.59 Å². The fraction of sp³-hybridized carbons (Fsp3) is 0.579. The average Bonchev–Trinajstić information content (AvgIpc) is 2.69. The van der Waals surface area contributed by atoms with Gasteiger partial charge in [0.15, 0.2) is 0 Å². The summed E-state index contributed by atoms with van der Waals surface area (Å²) in [6.45, 7) is 12.7. The first-order valence-corrected chi connectivity index (χ1v) is 8.93.